The first-order valence-electron chi connectivity index (χ1n) is 4.65. The summed E-state index contributed by atoms with van der Waals surface area (Å²) in [6.07, 6.45) is 0. The molecule has 2 rings (SSSR count). The molecule has 1 aromatic carbocycles. The van der Waals surface area contributed by atoms with Gasteiger partial charge in [-0.25, -0.2) is 4.98 Å². The summed E-state index contributed by atoms with van der Waals surface area (Å²) in [5.74, 6) is -0.432. The van der Waals surface area contributed by atoms with Crippen molar-refractivity contribution < 1.29 is 4.39 Å². The zero-order valence-corrected chi connectivity index (χ0v) is 9.09. The van der Waals surface area contributed by atoms with E-state index in [1.165, 1.54) is 11.3 Å². The molecule has 0 saturated carbocycles. The minimum Gasteiger partial charge on any atom is -0.322 e. The van der Waals surface area contributed by atoms with Gasteiger partial charge in [-0.3, -0.25) is 0 Å². The minimum atomic E-state index is -0.432. The van der Waals surface area contributed by atoms with Gasteiger partial charge in [0.15, 0.2) is 0 Å². The number of hydrogen-bond donors (Lipinski definition) is 1. The van der Waals surface area contributed by atoms with Gasteiger partial charge < -0.3 is 5.73 Å². The van der Waals surface area contributed by atoms with E-state index in [9.17, 15) is 4.39 Å². The second-order valence-electron chi connectivity index (χ2n) is 3.33. The van der Waals surface area contributed by atoms with Crippen LogP contribution in [-0.4, -0.2) is 4.98 Å². The van der Waals surface area contributed by atoms with Crippen LogP contribution in [0.15, 0.2) is 30.3 Å². The first-order chi connectivity index (χ1) is 7.18. The molecule has 0 aliphatic carbocycles. The van der Waals surface area contributed by atoms with Gasteiger partial charge in [0.1, 0.15) is 5.01 Å². The number of benzene rings is 1. The number of nitrogens with two attached hydrogens (primary N) is 1. The van der Waals surface area contributed by atoms with Gasteiger partial charge in [0.05, 0.1) is 10.9 Å². The van der Waals surface area contributed by atoms with Crippen LogP contribution in [-0.2, 0) is 0 Å². The number of halogens is 1. The van der Waals surface area contributed by atoms with E-state index < -0.39 is 5.95 Å². The third-order valence-corrected chi connectivity index (χ3v) is 3.31. The number of hydrogen-bond acceptors (Lipinski definition) is 3. The van der Waals surface area contributed by atoms with Crippen LogP contribution in [0.3, 0.4) is 0 Å². The molecule has 0 radical (unpaired) electrons. The molecule has 1 aromatic heterocycles. The Bertz CT molecular complexity index is 451. The highest BCUT2D eigenvalue weighted by atomic mass is 32.1. The Morgan fingerprint density at radius 3 is 2.53 bits per heavy atom. The Labute approximate surface area is 91.6 Å². The Morgan fingerprint density at radius 1 is 1.33 bits per heavy atom. The summed E-state index contributed by atoms with van der Waals surface area (Å²) in [7, 11) is 0. The maximum absolute atomic E-state index is 13.5. The molecule has 0 spiro atoms. The predicted octanol–water partition coefficient (Wildman–Crippen LogP) is 2.97. The molecule has 0 unspecified atom stereocenters. The van der Waals surface area contributed by atoms with Crippen LogP contribution in [0.25, 0.3) is 10.4 Å². The second kappa shape index (κ2) is 4.08. The summed E-state index contributed by atoms with van der Waals surface area (Å²) in [6, 6.07) is 9.15. The molecule has 15 heavy (non-hydrogen) atoms. The highest BCUT2D eigenvalue weighted by Gasteiger charge is 2.14. The van der Waals surface area contributed by atoms with Gasteiger partial charge in [0, 0.05) is 0 Å². The molecule has 1 atom stereocenters. The van der Waals surface area contributed by atoms with Crippen molar-refractivity contribution in [1.29, 1.82) is 0 Å². The van der Waals surface area contributed by atoms with Gasteiger partial charge in [-0.1, -0.05) is 30.3 Å². The van der Waals surface area contributed by atoms with Crippen molar-refractivity contribution in [2.24, 2.45) is 5.73 Å². The normalized spacial score (nSPS) is 12.7. The lowest BCUT2D eigenvalue weighted by atomic mass is 10.2. The summed E-state index contributed by atoms with van der Waals surface area (Å²) in [4.78, 5) is 4.37. The number of thiazole rings is 1. The van der Waals surface area contributed by atoms with Gasteiger partial charge in [-0.15, -0.1) is 11.3 Å². The van der Waals surface area contributed by atoms with E-state index in [2.05, 4.69) is 4.98 Å². The van der Waals surface area contributed by atoms with Crippen LogP contribution >= 0.6 is 11.3 Å². The summed E-state index contributed by atoms with van der Waals surface area (Å²) >= 11 is 1.31. The average Bonchev–Trinajstić information content (AvgIpc) is 2.62. The first-order valence-corrected chi connectivity index (χ1v) is 5.47. The predicted molar refractivity (Wildman–Crippen MR) is 60.1 cm³/mol. The molecule has 4 heteroatoms. The largest absolute Gasteiger partial charge is 0.322 e. The van der Waals surface area contributed by atoms with E-state index in [0.717, 1.165) is 5.56 Å². The molecule has 0 saturated heterocycles. The van der Waals surface area contributed by atoms with Crippen LogP contribution in [0.5, 0.6) is 0 Å². The number of aromatic nitrogens is 1. The molecule has 0 amide bonds. The van der Waals surface area contributed by atoms with E-state index in [1.807, 2.05) is 30.3 Å². The fraction of sp³-hybridized carbons (Fsp3) is 0.182. The topological polar surface area (TPSA) is 38.9 Å². The van der Waals surface area contributed by atoms with Crippen molar-refractivity contribution in [2.45, 2.75) is 13.0 Å². The lowest BCUT2D eigenvalue weighted by Crippen LogP contribution is -2.03. The molecule has 0 aliphatic rings. The van der Waals surface area contributed by atoms with E-state index >= 15 is 0 Å². The van der Waals surface area contributed by atoms with Crippen molar-refractivity contribution >= 4 is 11.3 Å². The molecular weight excluding hydrogens is 211 g/mol. The highest BCUT2D eigenvalue weighted by Crippen LogP contribution is 2.30. The third kappa shape index (κ3) is 2.06. The molecule has 1 heterocycles. The van der Waals surface area contributed by atoms with E-state index in [1.54, 1.807) is 6.92 Å². The smallest absolute Gasteiger partial charge is 0.231 e. The second-order valence-corrected chi connectivity index (χ2v) is 4.36. The van der Waals surface area contributed by atoms with E-state index in [4.69, 9.17) is 5.73 Å². The third-order valence-electron chi connectivity index (χ3n) is 2.03. The van der Waals surface area contributed by atoms with Gasteiger partial charge >= 0.3 is 0 Å². The number of rotatable bonds is 2. The van der Waals surface area contributed by atoms with Gasteiger partial charge in [0.2, 0.25) is 5.95 Å². The van der Waals surface area contributed by atoms with E-state index in [0.29, 0.717) is 9.88 Å². The minimum absolute atomic E-state index is 0.220. The summed E-state index contributed by atoms with van der Waals surface area (Å²) in [6.45, 7) is 1.80. The zero-order chi connectivity index (χ0) is 10.8. The molecule has 2 N–H and O–H groups in total. The standard InChI is InChI=1S/C11H11FN2S/c1-7(13)11-14-10(12)9(15-11)8-5-3-2-4-6-8/h2-7H,13H2,1H3/t7-/m1/s1. The van der Waals surface area contributed by atoms with Gasteiger partial charge in [-0.05, 0) is 12.5 Å². The summed E-state index contributed by atoms with van der Waals surface area (Å²) < 4.78 is 13.5. The first kappa shape index (κ1) is 10.3. The Morgan fingerprint density at radius 2 is 2.00 bits per heavy atom. The quantitative estimate of drug-likeness (QED) is 0.848. The lowest BCUT2D eigenvalue weighted by molar-refractivity contribution is 0.585. The molecule has 0 bridgehead atoms. The van der Waals surface area contributed by atoms with Crippen LogP contribution in [0.1, 0.15) is 18.0 Å². The maximum Gasteiger partial charge on any atom is 0.231 e. The average molecular weight is 222 g/mol. The SMILES string of the molecule is C[C@@H](N)c1nc(F)c(-c2ccccc2)s1. The summed E-state index contributed by atoms with van der Waals surface area (Å²) in [5, 5.41) is 0.631. The molecule has 0 aliphatic heterocycles. The Balaban J connectivity index is 2.45. The molecule has 0 fully saturated rings. The molecular formula is C11H11FN2S. The van der Waals surface area contributed by atoms with E-state index in [-0.39, 0.29) is 6.04 Å². The Hall–Kier alpha value is -1.26. The van der Waals surface area contributed by atoms with Crippen LogP contribution < -0.4 is 5.73 Å². The monoisotopic (exact) mass is 222 g/mol. The van der Waals surface area contributed by atoms with Crippen molar-refractivity contribution in [3.8, 4) is 10.4 Å². The Kier molecular flexibility index (Phi) is 2.79. The molecule has 78 valence electrons. The van der Waals surface area contributed by atoms with Crippen LogP contribution in [0.2, 0.25) is 0 Å². The van der Waals surface area contributed by atoms with Gasteiger partial charge in [0.25, 0.3) is 0 Å². The highest BCUT2D eigenvalue weighted by molar-refractivity contribution is 7.15. The van der Waals surface area contributed by atoms with Crippen molar-refractivity contribution in [3.05, 3.63) is 41.3 Å². The van der Waals surface area contributed by atoms with Crippen LogP contribution in [0.4, 0.5) is 4.39 Å². The molecule has 2 nitrogen and oxygen atoms in total. The van der Waals surface area contributed by atoms with Crippen molar-refractivity contribution in [2.75, 3.05) is 0 Å². The van der Waals surface area contributed by atoms with Crippen molar-refractivity contribution in [1.82, 2.24) is 4.98 Å². The van der Waals surface area contributed by atoms with Gasteiger partial charge in [-0.2, -0.15) is 4.39 Å². The maximum atomic E-state index is 13.5. The lowest BCUT2D eigenvalue weighted by Gasteiger charge is -1.96. The number of nitrogens with zero attached hydrogens (tertiary/aromatic N) is 1. The fourth-order valence-electron chi connectivity index (χ4n) is 1.28. The van der Waals surface area contributed by atoms with Crippen molar-refractivity contribution in [3.63, 3.8) is 0 Å². The summed E-state index contributed by atoms with van der Waals surface area (Å²) in [5.41, 5.74) is 6.50. The molecule has 2 aromatic rings. The van der Waals surface area contributed by atoms with Crippen LogP contribution in [0, 0.1) is 5.95 Å². The fourth-order valence-corrected chi connectivity index (χ4v) is 2.18. The zero-order valence-electron chi connectivity index (χ0n) is 8.27.